The Morgan fingerprint density at radius 2 is 1.80 bits per heavy atom. The summed E-state index contributed by atoms with van der Waals surface area (Å²) in [7, 11) is 0. The van der Waals surface area contributed by atoms with Crippen molar-refractivity contribution in [3.63, 3.8) is 0 Å². The minimum absolute atomic E-state index is 0.0112. The highest BCUT2D eigenvalue weighted by molar-refractivity contribution is 6.23. The fraction of sp³-hybridized carbons (Fsp3) is 0.577. The molecule has 44 heavy (non-hydrogen) atoms. The largest absolute Gasteiger partial charge is 0.463 e. The van der Waals surface area contributed by atoms with Crippen LogP contribution < -0.4 is 10.2 Å². The highest BCUT2D eigenvalue weighted by atomic mass is 35.5. The molecule has 18 heteroatoms. The molecule has 3 aliphatic heterocycles. The number of benzene rings is 1. The lowest BCUT2D eigenvalue weighted by molar-refractivity contribution is -0.389. The molecule has 0 aromatic heterocycles. The van der Waals surface area contributed by atoms with Crippen molar-refractivity contribution in [3.05, 3.63) is 27.8 Å². The third-order valence-electron chi connectivity index (χ3n) is 7.10. The standard InChI is InChI=1S/C26H30ClN3O14/c1-11(31)39-9-18-26(44-14(4)34,22(42-13(3)33)21(24(36)43-18)41-12(2)32)15-6-7-16-20(19(15)30(37)38)29-10-25(5,27)40-8-17(29)23(35)28-16/h6-7,17-18,21-22,24,36H,8-10H2,1-5H3,(H,28,35)/t17?,18-,21-,22-,24-,25?,26+/m1/s1. The first kappa shape index (κ1) is 32.8. The summed E-state index contributed by atoms with van der Waals surface area (Å²) in [5, 5.41) is 25.1. The van der Waals surface area contributed by atoms with Crippen LogP contribution in [0.25, 0.3) is 0 Å². The third kappa shape index (κ3) is 6.12. The molecule has 2 fully saturated rings. The minimum Gasteiger partial charge on any atom is -0.463 e. The van der Waals surface area contributed by atoms with E-state index in [0.29, 0.717) is 0 Å². The molecule has 3 heterocycles. The summed E-state index contributed by atoms with van der Waals surface area (Å²) in [4.78, 5) is 75.6. The van der Waals surface area contributed by atoms with Crippen LogP contribution in [0.2, 0.25) is 0 Å². The summed E-state index contributed by atoms with van der Waals surface area (Å²) in [5.41, 5.74) is -4.00. The van der Waals surface area contributed by atoms with E-state index >= 15 is 0 Å². The second kappa shape index (κ2) is 12.1. The van der Waals surface area contributed by atoms with Gasteiger partial charge in [-0.3, -0.25) is 34.1 Å². The highest BCUT2D eigenvalue weighted by Crippen LogP contribution is 2.53. The fourth-order valence-electron chi connectivity index (χ4n) is 5.61. The van der Waals surface area contributed by atoms with Gasteiger partial charge >= 0.3 is 29.6 Å². The molecule has 1 aromatic rings. The number of aliphatic hydroxyl groups is 1. The Morgan fingerprint density at radius 1 is 1.14 bits per heavy atom. The van der Waals surface area contributed by atoms with Gasteiger partial charge in [0, 0.05) is 27.7 Å². The number of nitrogens with one attached hydrogen (secondary N) is 1. The van der Waals surface area contributed by atoms with Crippen molar-refractivity contribution in [2.45, 2.75) is 75.9 Å². The van der Waals surface area contributed by atoms with Crippen LogP contribution in [0, 0.1) is 10.1 Å². The van der Waals surface area contributed by atoms with Crippen LogP contribution in [0.1, 0.15) is 40.2 Å². The number of carbonyl (C=O) groups excluding carboxylic acids is 5. The van der Waals surface area contributed by atoms with E-state index in [4.69, 9.17) is 40.0 Å². The van der Waals surface area contributed by atoms with E-state index in [0.717, 1.165) is 33.8 Å². The summed E-state index contributed by atoms with van der Waals surface area (Å²) < 4.78 is 32.8. The van der Waals surface area contributed by atoms with Gasteiger partial charge in [-0.05, 0) is 19.1 Å². The highest BCUT2D eigenvalue weighted by Gasteiger charge is 2.66. The number of carbonyl (C=O) groups is 5. The van der Waals surface area contributed by atoms with E-state index < -0.39 is 93.9 Å². The third-order valence-corrected chi connectivity index (χ3v) is 7.33. The van der Waals surface area contributed by atoms with E-state index in [-0.39, 0.29) is 24.5 Å². The number of hydrogen-bond acceptors (Lipinski definition) is 15. The van der Waals surface area contributed by atoms with Crippen LogP contribution in [-0.4, -0.2) is 95.3 Å². The number of nitro groups is 1. The number of esters is 4. The van der Waals surface area contributed by atoms with Gasteiger partial charge in [0.05, 0.1) is 29.3 Å². The predicted molar refractivity (Wildman–Crippen MR) is 145 cm³/mol. The molecule has 2 N–H and O–H groups in total. The molecule has 0 aliphatic carbocycles. The number of ether oxygens (including phenoxy) is 6. The van der Waals surface area contributed by atoms with Gasteiger partial charge in [0.25, 0.3) is 0 Å². The molecule has 17 nitrogen and oxygen atoms in total. The Bertz CT molecular complexity index is 1400. The molecule has 0 saturated carbocycles. The van der Waals surface area contributed by atoms with E-state index in [2.05, 4.69) is 5.32 Å². The molecule has 4 rings (SSSR count). The Balaban J connectivity index is 2.10. The van der Waals surface area contributed by atoms with Gasteiger partial charge in [-0.2, -0.15) is 0 Å². The summed E-state index contributed by atoms with van der Waals surface area (Å²) in [6, 6.07) is 1.33. The first-order chi connectivity index (χ1) is 20.5. The number of hydrogen-bond donors (Lipinski definition) is 2. The van der Waals surface area contributed by atoms with E-state index in [9.17, 15) is 39.2 Å². The van der Waals surface area contributed by atoms with Crippen LogP contribution in [-0.2, 0) is 58.0 Å². The average molecular weight is 644 g/mol. The lowest BCUT2D eigenvalue weighted by atomic mass is 9.76. The van der Waals surface area contributed by atoms with Crippen LogP contribution in [0.3, 0.4) is 0 Å². The van der Waals surface area contributed by atoms with Crippen molar-refractivity contribution in [1.29, 1.82) is 0 Å². The SMILES string of the molecule is CC(=O)OC[C@H]1O[C@@H](O)[C@H](OC(C)=O)[C@@H](OC(C)=O)[C@]1(OC(C)=O)c1ccc2c(c1[N+](=O)[O-])N1CC(C)(Cl)OCC1C(=O)N2. The smallest absolute Gasteiger partial charge is 0.303 e. The molecule has 2 saturated heterocycles. The molecule has 3 aliphatic rings. The van der Waals surface area contributed by atoms with E-state index in [1.54, 1.807) is 0 Å². The molecule has 240 valence electrons. The Kier molecular flexibility index (Phi) is 9.06. The van der Waals surface area contributed by atoms with E-state index in [1.165, 1.54) is 17.9 Å². The van der Waals surface area contributed by atoms with Gasteiger partial charge in [0.15, 0.2) is 23.6 Å². The summed E-state index contributed by atoms with van der Waals surface area (Å²) in [6.45, 7) is 4.20. The molecular formula is C26H30ClN3O14. The second-order valence-corrected chi connectivity index (χ2v) is 11.3. The molecule has 0 spiro atoms. The van der Waals surface area contributed by atoms with Gasteiger partial charge in [0.1, 0.15) is 24.4 Å². The van der Waals surface area contributed by atoms with Gasteiger partial charge < -0.3 is 43.7 Å². The first-order valence-electron chi connectivity index (χ1n) is 13.2. The molecule has 1 aromatic carbocycles. The minimum atomic E-state index is -2.60. The summed E-state index contributed by atoms with van der Waals surface area (Å²) in [5.74, 6) is -4.46. The molecule has 0 radical (unpaired) electrons. The maximum Gasteiger partial charge on any atom is 0.303 e. The molecule has 2 unspecified atom stereocenters. The molecule has 1 amide bonds. The van der Waals surface area contributed by atoms with Gasteiger partial charge in [0.2, 0.25) is 11.5 Å². The van der Waals surface area contributed by atoms with E-state index in [1.807, 2.05) is 0 Å². The van der Waals surface area contributed by atoms with Gasteiger partial charge in [-0.1, -0.05) is 11.6 Å². The van der Waals surface area contributed by atoms with Crippen molar-refractivity contribution < 1.29 is 62.4 Å². The lowest BCUT2D eigenvalue weighted by Gasteiger charge is -2.51. The van der Waals surface area contributed by atoms with Crippen LogP contribution >= 0.6 is 11.6 Å². The average Bonchev–Trinajstić information content (AvgIpc) is 2.89. The number of fused-ring (bicyclic) bond motifs is 3. The zero-order valence-corrected chi connectivity index (χ0v) is 24.9. The zero-order valence-electron chi connectivity index (χ0n) is 24.2. The predicted octanol–water partition coefficient (Wildman–Crippen LogP) is 0.609. The van der Waals surface area contributed by atoms with Gasteiger partial charge in [-0.15, -0.1) is 0 Å². The van der Waals surface area contributed by atoms with Crippen molar-refractivity contribution in [1.82, 2.24) is 0 Å². The Hall–Kier alpha value is -4.06. The van der Waals surface area contributed by atoms with Crippen molar-refractivity contribution in [2.24, 2.45) is 0 Å². The second-order valence-electron chi connectivity index (χ2n) is 10.5. The molecule has 7 atom stereocenters. The number of morpholine rings is 1. The number of amides is 1. The number of alkyl halides is 1. The zero-order chi connectivity index (χ0) is 32.7. The van der Waals surface area contributed by atoms with Gasteiger partial charge in [-0.25, -0.2) is 0 Å². The van der Waals surface area contributed by atoms with Crippen molar-refractivity contribution in [3.8, 4) is 0 Å². The van der Waals surface area contributed by atoms with Crippen LogP contribution in [0.4, 0.5) is 17.1 Å². The molecular weight excluding hydrogens is 614 g/mol. The maximum atomic E-state index is 13.0. The number of aliphatic hydroxyl groups excluding tert-OH is 1. The number of nitrogens with zero attached hydrogens (tertiary/aromatic N) is 2. The van der Waals surface area contributed by atoms with Crippen molar-refractivity contribution >= 4 is 58.4 Å². The summed E-state index contributed by atoms with van der Waals surface area (Å²) >= 11 is 6.44. The topological polar surface area (TPSA) is 219 Å². The Labute approximate surface area is 254 Å². The van der Waals surface area contributed by atoms with Crippen LogP contribution in [0.5, 0.6) is 0 Å². The monoisotopic (exact) mass is 643 g/mol. The Morgan fingerprint density at radius 3 is 2.36 bits per heavy atom. The maximum absolute atomic E-state index is 13.0. The number of rotatable bonds is 7. The summed E-state index contributed by atoms with van der Waals surface area (Å²) in [6.07, 6.45) is -7.73. The molecule has 0 bridgehead atoms. The lowest BCUT2D eigenvalue weighted by Crippen LogP contribution is -2.68. The van der Waals surface area contributed by atoms with Crippen molar-refractivity contribution in [2.75, 3.05) is 30.0 Å². The normalized spacial score (nSPS) is 31.0. The fourth-order valence-corrected chi connectivity index (χ4v) is 5.80. The number of halogens is 1. The number of anilines is 2. The van der Waals surface area contributed by atoms with Crippen LogP contribution in [0.15, 0.2) is 12.1 Å². The first-order valence-corrected chi connectivity index (χ1v) is 13.6. The quantitative estimate of drug-likeness (QED) is 0.137. The number of nitro benzene ring substituents is 1.